The number of rotatable bonds is 1. The van der Waals surface area contributed by atoms with Crippen LogP contribution in [0.25, 0.3) is 0 Å². The predicted octanol–water partition coefficient (Wildman–Crippen LogP) is 2.08. The van der Waals surface area contributed by atoms with E-state index in [1.54, 1.807) is 13.0 Å². The molecule has 0 spiro atoms. The molecular weight excluding hydrogens is 172 g/mol. The Balaban J connectivity index is 3.37. The molecule has 0 saturated carbocycles. The lowest BCUT2D eigenvalue weighted by atomic mass is 10.1. The largest absolute Gasteiger partial charge is 0.507 e. The average molecular weight is 182 g/mol. The molecule has 0 heterocycles. The minimum Gasteiger partial charge on any atom is -0.507 e. The summed E-state index contributed by atoms with van der Waals surface area (Å²) in [7, 11) is 0. The molecule has 0 aromatic heterocycles. The Morgan fingerprint density at radius 3 is 2.50 bits per heavy atom. The number of thiol groups is 1. The third-order valence-electron chi connectivity index (χ3n) is 1.68. The summed E-state index contributed by atoms with van der Waals surface area (Å²) in [5.41, 5.74) is 1.92. The topological polar surface area (TPSA) is 37.3 Å². The van der Waals surface area contributed by atoms with E-state index in [2.05, 4.69) is 12.6 Å². The highest BCUT2D eigenvalue weighted by atomic mass is 32.1. The molecule has 0 bridgehead atoms. The fourth-order valence-corrected chi connectivity index (χ4v) is 1.29. The summed E-state index contributed by atoms with van der Waals surface area (Å²) in [6.07, 6.45) is 0. The minimum absolute atomic E-state index is 0.0283. The highest BCUT2D eigenvalue weighted by molar-refractivity contribution is 7.97. The van der Waals surface area contributed by atoms with Crippen LogP contribution >= 0.6 is 12.6 Å². The molecule has 1 aromatic carbocycles. The van der Waals surface area contributed by atoms with Gasteiger partial charge in [-0.3, -0.25) is 4.79 Å². The maximum Gasteiger partial charge on any atom is 0.220 e. The van der Waals surface area contributed by atoms with E-state index in [1.165, 1.54) is 0 Å². The average Bonchev–Trinajstić information content (AvgIpc) is 1.96. The number of phenols is 1. The summed E-state index contributed by atoms with van der Waals surface area (Å²) in [4.78, 5) is 10.9. The molecule has 0 atom stereocenters. The van der Waals surface area contributed by atoms with Crippen molar-refractivity contribution in [3.63, 3.8) is 0 Å². The molecule has 0 unspecified atom stereocenters. The van der Waals surface area contributed by atoms with E-state index in [0.29, 0.717) is 5.56 Å². The van der Waals surface area contributed by atoms with E-state index in [0.717, 1.165) is 5.56 Å². The predicted molar refractivity (Wildman–Crippen MR) is 50.9 cm³/mol. The molecule has 1 rings (SSSR count). The number of carbonyl (C=O) groups excluding carboxylic acids is 1. The van der Waals surface area contributed by atoms with E-state index >= 15 is 0 Å². The molecule has 0 saturated heterocycles. The molecule has 1 aromatic rings. The number of aryl methyl sites for hydroxylation is 2. The van der Waals surface area contributed by atoms with Gasteiger partial charge in [-0.15, -0.1) is 12.6 Å². The summed E-state index contributed by atoms with van der Waals surface area (Å²) in [5, 5.41) is 9.02. The van der Waals surface area contributed by atoms with Crippen LogP contribution in [-0.2, 0) is 0 Å². The molecular formula is C9H10O2S. The van der Waals surface area contributed by atoms with Gasteiger partial charge in [0.15, 0.2) is 0 Å². The monoisotopic (exact) mass is 182 g/mol. The number of phenolic OH excluding ortho intramolecular Hbond substituents is 1. The van der Waals surface area contributed by atoms with Crippen molar-refractivity contribution in [1.82, 2.24) is 0 Å². The number of benzene rings is 1. The minimum atomic E-state index is -0.403. The van der Waals surface area contributed by atoms with E-state index < -0.39 is 5.12 Å². The third kappa shape index (κ3) is 1.61. The van der Waals surface area contributed by atoms with Crippen molar-refractivity contribution >= 4 is 17.7 Å². The van der Waals surface area contributed by atoms with E-state index in [9.17, 15) is 9.90 Å². The smallest absolute Gasteiger partial charge is 0.220 e. The van der Waals surface area contributed by atoms with Crippen LogP contribution in [0.1, 0.15) is 21.5 Å². The molecule has 12 heavy (non-hydrogen) atoms. The zero-order valence-electron chi connectivity index (χ0n) is 6.96. The number of hydrogen-bond donors (Lipinski definition) is 2. The molecule has 1 N–H and O–H groups in total. The first-order chi connectivity index (χ1) is 5.52. The summed E-state index contributed by atoms with van der Waals surface area (Å²) in [6.45, 7) is 3.62. The Morgan fingerprint density at radius 2 is 2.00 bits per heavy atom. The quantitative estimate of drug-likeness (QED) is 0.652. The van der Waals surface area contributed by atoms with E-state index in [4.69, 9.17) is 0 Å². The first-order valence-corrected chi connectivity index (χ1v) is 4.00. The Hall–Kier alpha value is -0.960. The number of carbonyl (C=O) groups is 1. The molecule has 3 heteroatoms. The first kappa shape index (κ1) is 9.13. The van der Waals surface area contributed by atoms with Crippen molar-refractivity contribution in [3.05, 3.63) is 28.8 Å². The SMILES string of the molecule is Cc1cc(C)c(O)c(C(=O)S)c1. The van der Waals surface area contributed by atoms with E-state index in [-0.39, 0.29) is 11.3 Å². The van der Waals surface area contributed by atoms with Crippen molar-refractivity contribution in [1.29, 1.82) is 0 Å². The third-order valence-corrected chi connectivity index (χ3v) is 1.92. The van der Waals surface area contributed by atoms with Gasteiger partial charge in [0, 0.05) is 0 Å². The fourth-order valence-electron chi connectivity index (χ4n) is 1.12. The van der Waals surface area contributed by atoms with Gasteiger partial charge in [0.25, 0.3) is 0 Å². The van der Waals surface area contributed by atoms with Crippen molar-refractivity contribution in [2.75, 3.05) is 0 Å². The van der Waals surface area contributed by atoms with Gasteiger partial charge in [0.1, 0.15) is 5.75 Å². The molecule has 2 nitrogen and oxygen atoms in total. The zero-order valence-corrected chi connectivity index (χ0v) is 7.85. The second kappa shape index (κ2) is 3.19. The van der Waals surface area contributed by atoms with Crippen molar-refractivity contribution in [2.45, 2.75) is 13.8 Å². The summed E-state index contributed by atoms with van der Waals surface area (Å²) in [5.74, 6) is 0.0283. The van der Waals surface area contributed by atoms with Gasteiger partial charge in [-0.2, -0.15) is 0 Å². The normalized spacial score (nSPS) is 9.92. The zero-order chi connectivity index (χ0) is 9.30. The van der Waals surface area contributed by atoms with Gasteiger partial charge in [-0.05, 0) is 31.0 Å². The molecule has 0 fully saturated rings. The van der Waals surface area contributed by atoms with Gasteiger partial charge >= 0.3 is 0 Å². The van der Waals surface area contributed by atoms with Gasteiger partial charge in [-0.1, -0.05) is 6.07 Å². The van der Waals surface area contributed by atoms with Gasteiger partial charge in [-0.25, -0.2) is 0 Å². The van der Waals surface area contributed by atoms with Crippen LogP contribution in [0.4, 0.5) is 0 Å². The second-order valence-electron chi connectivity index (χ2n) is 2.78. The Kier molecular flexibility index (Phi) is 2.43. The van der Waals surface area contributed by atoms with Crippen LogP contribution in [0.5, 0.6) is 5.75 Å². The lowest BCUT2D eigenvalue weighted by molar-refractivity contribution is 0.108. The van der Waals surface area contributed by atoms with Crippen LogP contribution in [0.15, 0.2) is 12.1 Å². The molecule has 64 valence electrons. The van der Waals surface area contributed by atoms with Crippen LogP contribution in [0.2, 0.25) is 0 Å². The number of hydrogen-bond acceptors (Lipinski definition) is 2. The highest BCUT2D eigenvalue weighted by Crippen LogP contribution is 2.24. The maximum absolute atomic E-state index is 10.9. The standard InChI is InChI=1S/C9H10O2S/c1-5-3-6(2)8(10)7(4-5)9(11)12/h3-4,10H,1-2H3,(H,11,12). The van der Waals surface area contributed by atoms with Crippen molar-refractivity contribution in [3.8, 4) is 5.75 Å². The first-order valence-electron chi connectivity index (χ1n) is 3.56. The molecule has 0 aliphatic carbocycles. The van der Waals surface area contributed by atoms with Crippen LogP contribution in [-0.4, -0.2) is 10.2 Å². The lowest BCUT2D eigenvalue weighted by Crippen LogP contribution is -1.92. The molecule has 0 radical (unpaired) electrons. The fraction of sp³-hybridized carbons (Fsp3) is 0.222. The van der Waals surface area contributed by atoms with Gasteiger partial charge in [0.2, 0.25) is 5.12 Å². The summed E-state index contributed by atoms with van der Waals surface area (Å²) >= 11 is 3.65. The molecule has 0 aliphatic rings. The van der Waals surface area contributed by atoms with Crippen molar-refractivity contribution in [2.24, 2.45) is 0 Å². The van der Waals surface area contributed by atoms with Crippen LogP contribution in [0, 0.1) is 13.8 Å². The Labute approximate surface area is 76.6 Å². The summed E-state index contributed by atoms with van der Waals surface area (Å²) < 4.78 is 0. The van der Waals surface area contributed by atoms with Crippen LogP contribution in [0.3, 0.4) is 0 Å². The summed E-state index contributed by atoms with van der Waals surface area (Å²) in [6, 6.07) is 3.44. The van der Waals surface area contributed by atoms with Gasteiger partial charge < -0.3 is 5.11 Å². The van der Waals surface area contributed by atoms with Crippen molar-refractivity contribution < 1.29 is 9.90 Å². The van der Waals surface area contributed by atoms with Crippen LogP contribution < -0.4 is 0 Å². The second-order valence-corrected chi connectivity index (χ2v) is 3.19. The number of aromatic hydroxyl groups is 1. The molecule has 0 amide bonds. The lowest BCUT2D eigenvalue weighted by Gasteiger charge is -2.04. The Bertz CT molecular complexity index is 332. The molecule has 0 aliphatic heterocycles. The Morgan fingerprint density at radius 1 is 1.42 bits per heavy atom. The van der Waals surface area contributed by atoms with Gasteiger partial charge in [0.05, 0.1) is 5.56 Å². The maximum atomic E-state index is 10.9. The van der Waals surface area contributed by atoms with E-state index in [1.807, 2.05) is 13.0 Å². The highest BCUT2D eigenvalue weighted by Gasteiger charge is 2.09.